The number of carbonyl (C=O) groups excluding carboxylic acids is 1. The number of hydrogen-bond acceptors (Lipinski definition) is 5. The lowest BCUT2D eigenvalue weighted by Gasteiger charge is -2.20. The number of benzene rings is 2. The Kier molecular flexibility index (Phi) is 5.76. The fraction of sp³-hybridized carbons (Fsp3) is 0.250. The second-order valence-electron chi connectivity index (χ2n) is 6.29. The van der Waals surface area contributed by atoms with Crippen LogP contribution in [0.4, 0.5) is 0 Å². The number of likely N-dealkylation sites (N-methyl/N-ethyl adjacent to an activating group) is 1. The number of aryl methyl sites for hydroxylation is 1. The molecule has 0 aliphatic rings. The van der Waals surface area contributed by atoms with Crippen molar-refractivity contribution in [3.63, 3.8) is 0 Å². The Morgan fingerprint density at radius 1 is 1.26 bits per heavy atom. The minimum absolute atomic E-state index is 0.195. The van der Waals surface area contributed by atoms with Crippen molar-refractivity contribution in [1.29, 1.82) is 0 Å². The van der Waals surface area contributed by atoms with Crippen molar-refractivity contribution in [3.05, 3.63) is 65.0 Å². The fourth-order valence-corrected chi connectivity index (χ4v) is 2.71. The van der Waals surface area contributed by atoms with E-state index in [2.05, 4.69) is 10.1 Å². The predicted molar refractivity (Wildman–Crippen MR) is 102 cm³/mol. The quantitative estimate of drug-likeness (QED) is 0.638. The molecule has 6 nitrogen and oxygen atoms in total. The van der Waals surface area contributed by atoms with Crippen LogP contribution in [0.2, 0.25) is 5.02 Å². The summed E-state index contributed by atoms with van der Waals surface area (Å²) in [6.07, 6.45) is -0.673. The zero-order valence-corrected chi connectivity index (χ0v) is 16.1. The smallest absolute Gasteiger partial charge is 0.263 e. The third-order valence-corrected chi connectivity index (χ3v) is 4.22. The molecular weight excluding hydrogens is 366 g/mol. The first-order chi connectivity index (χ1) is 12.9. The molecule has 140 valence electrons. The number of nitrogens with zero attached hydrogens (tertiary/aromatic N) is 3. The van der Waals surface area contributed by atoms with Crippen molar-refractivity contribution in [2.75, 3.05) is 7.05 Å². The van der Waals surface area contributed by atoms with Gasteiger partial charge in [-0.2, -0.15) is 4.98 Å². The Labute approximate surface area is 162 Å². The lowest BCUT2D eigenvalue weighted by atomic mass is 10.1. The van der Waals surface area contributed by atoms with Gasteiger partial charge in [0.25, 0.3) is 5.91 Å². The van der Waals surface area contributed by atoms with Gasteiger partial charge in [-0.3, -0.25) is 4.79 Å². The number of halogens is 1. The van der Waals surface area contributed by atoms with E-state index < -0.39 is 6.10 Å². The summed E-state index contributed by atoms with van der Waals surface area (Å²) in [7, 11) is 1.66. The Morgan fingerprint density at radius 2 is 2.00 bits per heavy atom. The molecule has 1 aromatic heterocycles. The van der Waals surface area contributed by atoms with Crippen molar-refractivity contribution < 1.29 is 14.1 Å². The highest BCUT2D eigenvalue weighted by atomic mass is 35.5. The van der Waals surface area contributed by atoms with E-state index in [1.807, 2.05) is 31.2 Å². The number of ether oxygens (including phenoxy) is 1. The van der Waals surface area contributed by atoms with E-state index in [4.69, 9.17) is 20.9 Å². The molecule has 0 unspecified atom stereocenters. The molecule has 0 bridgehead atoms. The van der Waals surface area contributed by atoms with Crippen LogP contribution in [0.1, 0.15) is 18.4 Å². The Hall–Kier alpha value is -2.86. The van der Waals surface area contributed by atoms with E-state index in [0.29, 0.717) is 22.5 Å². The maximum atomic E-state index is 12.5. The summed E-state index contributed by atoms with van der Waals surface area (Å²) in [5.74, 6) is 1.19. The second-order valence-corrected chi connectivity index (χ2v) is 6.73. The molecule has 0 spiro atoms. The molecule has 1 heterocycles. The third kappa shape index (κ3) is 4.86. The van der Waals surface area contributed by atoms with Crippen LogP contribution in [0.3, 0.4) is 0 Å². The number of hydrogen-bond donors (Lipinski definition) is 0. The summed E-state index contributed by atoms with van der Waals surface area (Å²) in [5.41, 5.74) is 2.02. The Morgan fingerprint density at radius 3 is 2.70 bits per heavy atom. The number of aromatic nitrogens is 2. The minimum Gasteiger partial charge on any atom is -0.481 e. The van der Waals surface area contributed by atoms with Crippen molar-refractivity contribution in [2.45, 2.75) is 26.5 Å². The molecule has 0 N–H and O–H groups in total. The predicted octanol–water partition coefficient (Wildman–Crippen LogP) is 4.12. The lowest BCUT2D eigenvalue weighted by Crippen LogP contribution is -2.37. The van der Waals surface area contributed by atoms with Crippen molar-refractivity contribution in [3.8, 4) is 17.1 Å². The van der Waals surface area contributed by atoms with Gasteiger partial charge in [-0.05, 0) is 32.0 Å². The van der Waals surface area contributed by atoms with Gasteiger partial charge in [0.05, 0.1) is 6.54 Å². The van der Waals surface area contributed by atoms with Crippen LogP contribution in [0, 0.1) is 6.92 Å². The maximum Gasteiger partial charge on any atom is 0.263 e. The minimum atomic E-state index is -0.673. The molecule has 0 saturated heterocycles. The summed E-state index contributed by atoms with van der Waals surface area (Å²) in [4.78, 5) is 18.4. The normalized spacial score (nSPS) is 11.9. The molecule has 0 radical (unpaired) electrons. The van der Waals surface area contributed by atoms with E-state index in [-0.39, 0.29) is 12.5 Å². The van der Waals surface area contributed by atoms with E-state index in [1.165, 1.54) is 4.90 Å². The number of amides is 1. The van der Waals surface area contributed by atoms with Crippen molar-refractivity contribution >= 4 is 17.5 Å². The SMILES string of the molecule is Cc1ccc(-c2noc(CN(C)C(=O)[C@@H](C)Oc3cccc(Cl)c3)n2)cc1. The Balaban J connectivity index is 1.61. The van der Waals surface area contributed by atoms with Crippen molar-refractivity contribution in [1.82, 2.24) is 15.0 Å². The lowest BCUT2D eigenvalue weighted by molar-refractivity contribution is -0.137. The average Bonchev–Trinajstić information content (AvgIpc) is 3.10. The van der Waals surface area contributed by atoms with Crippen LogP contribution >= 0.6 is 11.6 Å². The second kappa shape index (κ2) is 8.22. The third-order valence-electron chi connectivity index (χ3n) is 3.98. The average molecular weight is 386 g/mol. The van der Waals surface area contributed by atoms with E-state index in [0.717, 1.165) is 11.1 Å². The molecule has 0 aliphatic carbocycles. The molecule has 7 heteroatoms. The molecule has 0 aliphatic heterocycles. The highest BCUT2D eigenvalue weighted by molar-refractivity contribution is 6.30. The number of rotatable bonds is 6. The van der Waals surface area contributed by atoms with Crippen LogP contribution in [-0.4, -0.2) is 34.1 Å². The maximum absolute atomic E-state index is 12.5. The van der Waals surface area contributed by atoms with E-state index >= 15 is 0 Å². The van der Waals surface area contributed by atoms with Gasteiger partial charge in [0, 0.05) is 17.6 Å². The van der Waals surface area contributed by atoms with Crippen LogP contribution in [0.15, 0.2) is 53.1 Å². The molecular formula is C20H20ClN3O3. The first kappa shape index (κ1) is 18.9. The fourth-order valence-electron chi connectivity index (χ4n) is 2.52. The van der Waals surface area contributed by atoms with E-state index in [1.54, 1.807) is 38.2 Å². The van der Waals surface area contributed by atoms with Gasteiger partial charge < -0.3 is 14.2 Å². The first-order valence-electron chi connectivity index (χ1n) is 8.49. The number of carbonyl (C=O) groups is 1. The highest BCUT2D eigenvalue weighted by Crippen LogP contribution is 2.20. The molecule has 0 fully saturated rings. The zero-order chi connectivity index (χ0) is 19.4. The van der Waals surface area contributed by atoms with Gasteiger partial charge >= 0.3 is 0 Å². The molecule has 2 aromatic carbocycles. The van der Waals surface area contributed by atoms with Gasteiger partial charge in [-0.15, -0.1) is 0 Å². The molecule has 3 aromatic rings. The van der Waals surface area contributed by atoms with Crippen LogP contribution in [0.25, 0.3) is 11.4 Å². The monoisotopic (exact) mass is 385 g/mol. The van der Waals surface area contributed by atoms with Crippen LogP contribution < -0.4 is 4.74 Å². The summed E-state index contributed by atoms with van der Waals surface area (Å²) in [6, 6.07) is 14.8. The van der Waals surface area contributed by atoms with Gasteiger partial charge in [0.15, 0.2) is 6.10 Å². The van der Waals surface area contributed by atoms with Crippen molar-refractivity contribution in [2.24, 2.45) is 0 Å². The molecule has 1 atom stereocenters. The largest absolute Gasteiger partial charge is 0.481 e. The van der Waals surface area contributed by atoms with Crippen LogP contribution in [-0.2, 0) is 11.3 Å². The molecule has 0 saturated carbocycles. The summed E-state index contributed by atoms with van der Waals surface area (Å²) < 4.78 is 10.9. The Bertz CT molecular complexity index is 924. The first-order valence-corrected chi connectivity index (χ1v) is 8.87. The standard InChI is InChI=1S/C20H20ClN3O3/c1-13-7-9-15(10-8-13)19-22-18(27-23-19)12-24(3)20(25)14(2)26-17-6-4-5-16(21)11-17/h4-11,14H,12H2,1-3H3/t14-/m1/s1. The highest BCUT2D eigenvalue weighted by Gasteiger charge is 2.21. The molecule has 1 amide bonds. The molecule has 27 heavy (non-hydrogen) atoms. The summed E-state index contributed by atoms with van der Waals surface area (Å²) in [6.45, 7) is 3.89. The van der Waals surface area contributed by atoms with Crippen LogP contribution in [0.5, 0.6) is 5.75 Å². The molecule has 3 rings (SSSR count). The summed E-state index contributed by atoms with van der Waals surface area (Å²) >= 11 is 5.94. The summed E-state index contributed by atoms with van der Waals surface area (Å²) in [5, 5.41) is 4.53. The zero-order valence-electron chi connectivity index (χ0n) is 15.3. The van der Waals surface area contributed by atoms with Gasteiger partial charge in [0.2, 0.25) is 11.7 Å². The topological polar surface area (TPSA) is 68.5 Å². The van der Waals surface area contributed by atoms with Gasteiger partial charge in [-0.25, -0.2) is 0 Å². The van der Waals surface area contributed by atoms with Gasteiger partial charge in [-0.1, -0.05) is 52.7 Å². The van der Waals surface area contributed by atoms with Gasteiger partial charge in [0.1, 0.15) is 5.75 Å². The van der Waals surface area contributed by atoms with E-state index in [9.17, 15) is 4.79 Å².